The van der Waals surface area contributed by atoms with Crippen molar-refractivity contribution < 1.29 is 4.74 Å². The van der Waals surface area contributed by atoms with E-state index in [-0.39, 0.29) is 6.04 Å². The molecule has 17 heavy (non-hydrogen) atoms. The van der Waals surface area contributed by atoms with Gasteiger partial charge in [0, 0.05) is 25.8 Å². The second kappa shape index (κ2) is 6.45. The van der Waals surface area contributed by atoms with E-state index in [4.69, 9.17) is 10.5 Å². The van der Waals surface area contributed by atoms with E-state index in [1.54, 1.807) is 13.3 Å². The lowest BCUT2D eigenvalue weighted by Gasteiger charge is -2.23. The fourth-order valence-electron chi connectivity index (χ4n) is 1.61. The van der Waals surface area contributed by atoms with Crippen LogP contribution in [0.15, 0.2) is 18.3 Å². The van der Waals surface area contributed by atoms with Gasteiger partial charge in [0.1, 0.15) is 0 Å². The molecule has 1 heterocycles. The van der Waals surface area contributed by atoms with E-state index < -0.39 is 0 Å². The van der Waals surface area contributed by atoms with Crippen LogP contribution in [0.4, 0.5) is 5.82 Å². The third-order valence-corrected chi connectivity index (χ3v) is 2.99. The van der Waals surface area contributed by atoms with Gasteiger partial charge in [-0.15, -0.1) is 0 Å². The standard InChI is InChI=1S/C13H23N3O/c1-10(2)11(14)7-9-16(3)13-12(17-4)6-5-8-15-13/h5-6,8,10-11H,7,9,14H2,1-4H3. The summed E-state index contributed by atoms with van der Waals surface area (Å²) in [5.74, 6) is 2.17. The predicted molar refractivity (Wildman–Crippen MR) is 71.5 cm³/mol. The van der Waals surface area contributed by atoms with Crippen LogP contribution in [0.25, 0.3) is 0 Å². The van der Waals surface area contributed by atoms with Crippen LogP contribution in [0, 0.1) is 5.92 Å². The molecule has 0 saturated carbocycles. The maximum Gasteiger partial charge on any atom is 0.171 e. The van der Waals surface area contributed by atoms with Crippen molar-refractivity contribution >= 4 is 5.82 Å². The number of methoxy groups -OCH3 is 1. The highest BCUT2D eigenvalue weighted by Crippen LogP contribution is 2.23. The third kappa shape index (κ3) is 3.89. The summed E-state index contributed by atoms with van der Waals surface area (Å²) in [6.07, 6.45) is 2.73. The molecule has 0 saturated heterocycles. The normalized spacial score (nSPS) is 12.6. The van der Waals surface area contributed by atoms with Gasteiger partial charge in [0.25, 0.3) is 0 Å². The second-order valence-electron chi connectivity index (χ2n) is 4.65. The van der Waals surface area contributed by atoms with Crippen molar-refractivity contribution in [3.63, 3.8) is 0 Å². The van der Waals surface area contributed by atoms with Gasteiger partial charge in [0.2, 0.25) is 0 Å². The maximum atomic E-state index is 6.04. The molecule has 2 N–H and O–H groups in total. The van der Waals surface area contributed by atoms with Crippen molar-refractivity contribution in [3.05, 3.63) is 18.3 Å². The lowest BCUT2D eigenvalue weighted by molar-refractivity contribution is 0.411. The van der Waals surface area contributed by atoms with Gasteiger partial charge in [-0.1, -0.05) is 13.8 Å². The lowest BCUT2D eigenvalue weighted by atomic mass is 10.0. The number of hydrogen-bond acceptors (Lipinski definition) is 4. The third-order valence-electron chi connectivity index (χ3n) is 2.99. The Balaban J connectivity index is 2.60. The average Bonchev–Trinajstić information content (AvgIpc) is 2.35. The first-order valence-corrected chi connectivity index (χ1v) is 6.02. The van der Waals surface area contributed by atoms with E-state index in [1.165, 1.54) is 0 Å². The summed E-state index contributed by atoms with van der Waals surface area (Å²) in [4.78, 5) is 6.42. The van der Waals surface area contributed by atoms with Crippen molar-refractivity contribution in [1.82, 2.24) is 4.98 Å². The number of nitrogens with two attached hydrogens (primary N) is 1. The van der Waals surface area contributed by atoms with Gasteiger partial charge >= 0.3 is 0 Å². The van der Waals surface area contributed by atoms with Crippen molar-refractivity contribution in [2.24, 2.45) is 11.7 Å². The summed E-state index contributed by atoms with van der Waals surface area (Å²) in [6, 6.07) is 4.02. The first-order chi connectivity index (χ1) is 8.06. The first kappa shape index (κ1) is 13.8. The number of pyridine rings is 1. The maximum absolute atomic E-state index is 6.04. The molecular weight excluding hydrogens is 214 g/mol. The summed E-state index contributed by atoms with van der Waals surface area (Å²) in [6.45, 7) is 5.17. The van der Waals surface area contributed by atoms with E-state index in [1.807, 2.05) is 19.2 Å². The molecule has 0 aliphatic carbocycles. The molecule has 0 aromatic carbocycles. The zero-order chi connectivity index (χ0) is 12.8. The van der Waals surface area contributed by atoms with Gasteiger partial charge in [-0.2, -0.15) is 0 Å². The Morgan fingerprint density at radius 1 is 1.47 bits per heavy atom. The molecular formula is C13H23N3O. The average molecular weight is 237 g/mol. The van der Waals surface area contributed by atoms with Gasteiger partial charge in [-0.25, -0.2) is 4.98 Å². The van der Waals surface area contributed by atoms with Crippen LogP contribution in [-0.2, 0) is 0 Å². The van der Waals surface area contributed by atoms with Crippen LogP contribution in [0.2, 0.25) is 0 Å². The molecule has 96 valence electrons. The van der Waals surface area contributed by atoms with Crippen molar-refractivity contribution in [3.8, 4) is 5.75 Å². The zero-order valence-electron chi connectivity index (χ0n) is 11.2. The zero-order valence-corrected chi connectivity index (χ0v) is 11.2. The topological polar surface area (TPSA) is 51.4 Å². The molecule has 1 aromatic rings. The van der Waals surface area contributed by atoms with Gasteiger partial charge < -0.3 is 15.4 Å². The summed E-state index contributed by atoms with van der Waals surface area (Å²) in [5.41, 5.74) is 6.04. The number of rotatable bonds is 6. The van der Waals surface area contributed by atoms with Crippen molar-refractivity contribution in [2.45, 2.75) is 26.3 Å². The number of nitrogens with zero attached hydrogens (tertiary/aromatic N) is 2. The van der Waals surface area contributed by atoms with Crippen molar-refractivity contribution in [2.75, 3.05) is 25.6 Å². The molecule has 0 aliphatic rings. The molecule has 4 nitrogen and oxygen atoms in total. The Kier molecular flexibility index (Phi) is 5.22. The lowest BCUT2D eigenvalue weighted by Crippen LogP contribution is -2.32. The van der Waals surface area contributed by atoms with Crippen LogP contribution in [0.5, 0.6) is 5.75 Å². The van der Waals surface area contributed by atoms with Crippen molar-refractivity contribution in [1.29, 1.82) is 0 Å². The first-order valence-electron chi connectivity index (χ1n) is 6.02. The molecule has 0 radical (unpaired) electrons. The highest BCUT2D eigenvalue weighted by atomic mass is 16.5. The Bertz CT molecular complexity index is 341. The summed E-state index contributed by atoms with van der Waals surface area (Å²) in [5, 5.41) is 0. The quantitative estimate of drug-likeness (QED) is 0.821. The van der Waals surface area contributed by atoms with Gasteiger partial charge in [0.15, 0.2) is 11.6 Å². The van der Waals surface area contributed by atoms with E-state index in [0.717, 1.165) is 24.5 Å². The van der Waals surface area contributed by atoms with Gasteiger partial charge in [0.05, 0.1) is 7.11 Å². The molecule has 0 bridgehead atoms. The largest absolute Gasteiger partial charge is 0.493 e. The Morgan fingerprint density at radius 3 is 2.76 bits per heavy atom. The molecule has 1 unspecified atom stereocenters. The minimum atomic E-state index is 0.229. The smallest absolute Gasteiger partial charge is 0.171 e. The van der Waals surface area contributed by atoms with Crippen LogP contribution in [0.3, 0.4) is 0 Å². The number of aromatic nitrogens is 1. The monoisotopic (exact) mass is 237 g/mol. The summed E-state index contributed by atoms with van der Waals surface area (Å²) < 4.78 is 5.29. The molecule has 0 amide bonds. The fraction of sp³-hybridized carbons (Fsp3) is 0.615. The Labute approximate surface area is 104 Å². The summed E-state index contributed by atoms with van der Waals surface area (Å²) >= 11 is 0. The number of ether oxygens (including phenoxy) is 1. The Hall–Kier alpha value is -1.29. The van der Waals surface area contributed by atoms with Gasteiger partial charge in [-0.05, 0) is 24.5 Å². The molecule has 0 aliphatic heterocycles. The summed E-state index contributed by atoms with van der Waals surface area (Å²) in [7, 11) is 3.67. The molecule has 1 aromatic heterocycles. The molecule has 1 rings (SSSR count). The van der Waals surface area contributed by atoms with E-state index in [0.29, 0.717) is 5.92 Å². The fourth-order valence-corrected chi connectivity index (χ4v) is 1.61. The van der Waals surface area contributed by atoms with Crippen LogP contribution >= 0.6 is 0 Å². The molecule has 4 heteroatoms. The minimum Gasteiger partial charge on any atom is -0.493 e. The molecule has 0 fully saturated rings. The van der Waals surface area contributed by atoms with Crippen LogP contribution in [-0.4, -0.2) is 31.7 Å². The minimum absolute atomic E-state index is 0.229. The molecule has 1 atom stereocenters. The van der Waals surface area contributed by atoms with Gasteiger partial charge in [-0.3, -0.25) is 0 Å². The van der Waals surface area contributed by atoms with Crippen LogP contribution < -0.4 is 15.4 Å². The highest BCUT2D eigenvalue weighted by Gasteiger charge is 2.12. The number of anilines is 1. The van der Waals surface area contributed by atoms with E-state index >= 15 is 0 Å². The number of hydrogen-bond donors (Lipinski definition) is 1. The second-order valence-corrected chi connectivity index (χ2v) is 4.65. The highest BCUT2D eigenvalue weighted by molar-refractivity contribution is 5.51. The Morgan fingerprint density at radius 2 is 2.18 bits per heavy atom. The van der Waals surface area contributed by atoms with E-state index in [9.17, 15) is 0 Å². The SMILES string of the molecule is COc1cccnc1N(C)CCC(N)C(C)C. The van der Waals surface area contributed by atoms with E-state index in [2.05, 4.69) is 23.7 Å². The molecule has 0 spiro atoms. The predicted octanol–water partition coefficient (Wildman–Crippen LogP) is 1.90. The van der Waals surface area contributed by atoms with Crippen LogP contribution in [0.1, 0.15) is 20.3 Å².